The number of hydrogen-bond acceptors (Lipinski definition) is 3. The summed E-state index contributed by atoms with van der Waals surface area (Å²) in [6.45, 7) is 6.25. The molecule has 96 valence electrons. The van der Waals surface area contributed by atoms with Gasteiger partial charge in [0, 0.05) is 6.54 Å². The van der Waals surface area contributed by atoms with E-state index in [4.69, 9.17) is 4.74 Å². The summed E-state index contributed by atoms with van der Waals surface area (Å²) in [6, 6.07) is 4.29. The Morgan fingerprint density at radius 3 is 2.47 bits per heavy atom. The third-order valence-electron chi connectivity index (χ3n) is 2.79. The molecule has 0 radical (unpaired) electrons. The van der Waals surface area contributed by atoms with Crippen molar-refractivity contribution < 1.29 is 4.74 Å². The van der Waals surface area contributed by atoms with Gasteiger partial charge in [0.2, 0.25) is 0 Å². The number of nitrogens with one attached hydrogen (secondary N) is 2. The fraction of sp³-hybridized carbons (Fsp3) is 0.571. The van der Waals surface area contributed by atoms with Crippen LogP contribution in [0.2, 0.25) is 0 Å². The number of aryl methyl sites for hydroxylation is 2. The van der Waals surface area contributed by atoms with Gasteiger partial charge in [-0.25, -0.2) is 0 Å². The standard InChI is InChI=1S/C14H24N2O/c1-11-9-12(2)14(17-4)13(10-11)16-8-6-5-7-15-3/h9-10,15-16H,5-8H2,1-4H3. The van der Waals surface area contributed by atoms with E-state index in [2.05, 4.69) is 36.6 Å². The molecule has 3 heteroatoms. The molecule has 2 N–H and O–H groups in total. The average molecular weight is 236 g/mol. The number of methoxy groups -OCH3 is 1. The zero-order chi connectivity index (χ0) is 12.7. The molecule has 1 aromatic carbocycles. The normalized spacial score (nSPS) is 10.4. The highest BCUT2D eigenvalue weighted by Gasteiger charge is 2.06. The molecule has 0 unspecified atom stereocenters. The minimum Gasteiger partial charge on any atom is -0.494 e. The quantitative estimate of drug-likeness (QED) is 0.714. The molecule has 0 amide bonds. The van der Waals surface area contributed by atoms with Crippen LogP contribution in [0.4, 0.5) is 5.69 Å². The van der Waals surface area contributed by atoms with Crippen molar-refractivity contribution in [1.29, 1.82) is 0 Å². The van der Waals surface area contributed by atoms with Crippen LogP contribution in [0, 0.1) is 13.8 Å². The van der Waals surface area contributed by atoms with Crippen molar-refractivity contribution in [1.82, 2.24) is 5.32 Å². The first-order valence-electron chi connectivity index (χ1n) is 6.22. The maximum absolute atomic E-state index is 5.43. The minimum atomic E-state index is 0.962. The van der Waals surface area contributed by atoms with Crippen molar-refractivity contribution in [2.24, 2.45) is 0 Å². The summed E-state index contributed by atoms with van der Waals surface area (Å²) in [6.07, 6.45) is 2.35. The second-order valence-corrected chi connectivity index (χ2v) is 4.40. The molecule has 0 saturated heterocycles. The van der Waals surface area contributed by atoms with E-state index in [-0.39, 0.29) is 0 Å². The van der Waals surface area contributed by atoms with Crippen molar-refractivity contribution in [2.75, 3.05) is 32.6 Å². The van der Waals surface area contributed by atoms with Crippen LogP contribution in [-0.4, -0.2) is 27.2 Å². The SMILES string of the molecule is CNCCCCNc1cc(C)cc(C)c1OC. The van der Waals surface area contributed by atoms with Crippen LogP contribution in [0.25, 0.3) is 0 Å². The van der Waals surface area contributed by atoms with Gasteiger partial charge in [0.05, 0.1) is 12.8 Å². The Kier molecular flexibility index (Phi) is 5.84. The minimum absolute atomic E-state index is 0.962. The summed E-state index contributed by atoms with van der Waals surface area (Å²) in [4.78, 5) is 0. The molecule has 3 nitrogen and oxygen atoms in total. The van der Waals surface area contributed by atoms with Crippen molar-refractivity contribution in [3.63, 3.8) is 0 Å². The Labute approximate surface area is 105 Å². The molecule has 0 aliphatic rings. The molecule has 0 saturated carbocycles. The van der Waals surface area contributed by atoms with Crippen LogP contribution in [0.5, 0.6) is 5.75 Å². The largest absolute Gasteiger partial charge is 0.494 e. The fourth-order valence-electron chi connectivity index (χ4n) is 2.01. The molecule has 0 fully saturated rings. The maximum atomic E-state index is 5.43. The highest BCUT2D eigenvalue weighted by atomic mass is 16.5. The van der Waals surface area contributed by atoms with Gasteiger partial charge in [-0.3, -0.25) is 0 Å². The molecule has 17 heavy (non-hydrogen) atoms. The lowest BCUT2D eigenvalue weighted by Crippen LogP contribution is -2.10. The summed E-state index contributed by atoms with van der Waals surface area (Å²) in [5, 5.41) is 6.61. The van der Waals surface area contributed by atoms with Crippen molar-refractivity contribution in [3.05, 3.63) is 23.3 Å². The van der Waals surface area contributed by atoms with Gasteiger partial charge < -0.3 is 15.4 Å². The third-order valence-corrected chi connectivity index (χ3v) is 2.79. The highest BCUT2D eigenvalue weighted by molar-refractivity contribution is 5.61. The second-order valence-electron chi connectivity index (χ2n) is 4.40. The van der Waals surface area contributed by atoms with Crippen molar-refractivity contribution in [3.8, 4) is 5.75 Å². The highest BCUT2D eigenvalue weighted by Crippen LogP contribution is 2.29. The Hall–Kier alpha value is -1.22. The second kappa shape index (κ2) is 7.17. The molecule has 1 rings (SSSR count). The van der Waals surface area contributed by atoms with Crippen LogP contribution in [0.1, 0.15) is 24.0 Å². The van der Waals surface area contributed by atoms with Gasteiger partial charge in [0.25, 0.3) is 0 Å². The van der Waals surface area contributed by atoms with E-state index in [1.807, 2.05) is 7.05 Å². The van der Waals surface area contributed by atoms with E-state index in [9.17, 15) is 0 Å². The average Bonchev–Trinajstić information content (AvgIpc) is 2.28. The first-order valence-corrected chi connectivity index (χ1v) is 6.22. The Morgan fingerprint density at radius 1 is 1.12 bits per heavy atom. The number of rotatable bonds is 7. The Morgan fingerprint density at radius 2 is 1.82 bits per heavy atom. The summed E-state index contributed by atoms with van der Waals surface area (Å²) in [5.74, 6) is 0.962. The molecule has 0 aliphatic heterocycles. The molecule has 0 aromatic heterocycles. The number of ether oxygens (including phenoxy) is 1. The number of unbranched alkanes of at least 4 members (excludes halogenated alkanes) is 1. The summed E-state index contributed by atoms with van der Waals surface area (Å²) in [5.41, 5.74) is 3.56. The van der Waals surface area contributed by atoms with Crippen LogP contribution >= 0.6 is 0 Å². The van der Waals surface area contributed by atoms with Gasteiger partial charge in [-0.2, -0.15) is 0 Å². The van der Waals surface area contributed by atoms with Gasteiger partial charge in [-0.05, 0) is 57.5 Å². The summed E-state index contributed by atoms with van der Waals surface area (Å²) in [7, 11) is 3.71. The third kappa shape index (κ3) is 4.27. The molecule has 1 aromatic rings. The lowest BCUT2D eigenvalue weighted by atomic mass is 10.1. The monoisotopic (exact) mass is 236 g/mol. The van der Waals surface area contributed by atoms with Crippen molar-refractivity contribution in [2.45, 2.75) is 26.7 Å². The van der Waals surface area contributed by atoms with Gasteiger partial charge in [-0.15, -0.1) is 0 Å². The van der Waals surface area contributed by atoms with Gasteiger partial charge in [0.15, 0.2) is 0 Å². The first kappa shape index (κ1) is 13.8. The molecule has 0 atom stereocenters. The van der Waals surface area contributed by atoms with Crippen LogP contribution in [-0.2, 0) is 0 Å². The van der Waals surface area contributed by atoms with Crippen LogP contribution < -0.4 is 15.4 Å². The molecule has 0 heterocycles. The van der Waals surface area contributed by atoms with Gasteiger partial charge in [-0.1, -0.05) is 6.07 Å². The molecular formula is C14H24N2O. The summed E-state index contributed by atoms with van der Waals surface area (Å²) >= 11 is 0. The van der Waals surface area contributed by atoms with E-state index in [1.54, 1.807) is 7.11 Å². The Bertz CT molecular complexity index is 350. The molecule has 0 bridgehead atoms. The zero-order valence-electron chi connectivity index (χ0n) is 11.4. The topological polar surface area (TPSA) is 33.3 Å². The number of anilines is 1. The van der Waals surface area contributed by atoms with E-state index < -0.39 is 0 Å². The maximum Gasteiger partial charge on any atom is 0.144 e. The van der Waals surface area contributed by atoms with E-state index in [1.165, 1.54) is 17.5 Å². The van der Waals surface area contributed by atoms with Crippen LogP contribution in [0.3, 0.4) is 0 Å². The number of benzene rings is 1. The Balaban J connectivity index is 2.57. The van der Waals surface area contributed by atoms with Gasteiger partial charge in [0.1, 0.15) is 5.75 Å². The molecular weight excluding hydrogens is 212 g/mol. The lowest BCUT2D eigenvalue weighted by molar-refractivity contribution is 0.413. The number of hydrogen-bond donors (Lipinski definition) is 2. The predicted octanol–water partition coefficient (Wildman–Crippen LogP) is 2.72. The lowest BCUT2D eigenvalue weighted by Gasteiger charge is -2.14. The van der Waals surface area contributed by atoms with Crippen molar-refractivity contribution >= 4 is 5.69 Å². The van der Waals surface area contributed by atoms with Crippen LogP contribution in [0.15, 0.2) is 12.1 Å². The zero-order valence-corrected chi connectivity index (χ0v) is 11.4. The van der Waals surface area contributed by atoms with E-state index in [0.717, 1.165) is 30.9 Å². The molecule has 0 aliphatic carbocycles. The van der Waals surface area contributed by atoms with E-state index in [0.29, 0.717) is 0 Å². The molecule has 0 spiro atoms. The first-order chi connectivity index (χ1) is 8.19. The van der Waals surface area contributed by atoms with E-state index >= 15 is 0 Å². The smallest absolute Gasteiger partial charge is 0.144 e. The summed E-state index contributed by atoms with van der Waals surface area (Å²) < 4.78 is 5.43. The van der Waals surface area contributed by atoms with Gasteiger partial charge >= 0.3 is 0 Å². The fourth-order valence-corrected chi connectivity index (χ4v) is 2.01. The predicted molar refractivity (Wildman–Crippen MR) is 74.1 cm³/mol.